The first-order chi connectivity index (χ1) is 12.0. The summed E-state index contributed by atoms with van der Waals surface area (Å²) in [5, 5.41) is 11.6. The summed E-state index contributed by atoms with van der Waals surface area (Å²) in [6.45, 7) is 5.06. The number of hydrogen-bond acceptors (Lipinski definition) is 3. The second-order valence-electron chi connectivity index (χ2n) is 5.75. The Labute approximate surface area is 166 Å². The van der Waals surface area contributed by atoms with Gasteiger partial charge in [0.1, 0.15) is 5.60 Å². The van der Waals surface area contributed by atoms with Gasteiger partial charge in [-0.3, -0.25) is 0 Å². The Hall–Kier alpha value is -0.720. The molecule has 0 bridgehead atoms. The third kappa shape index (κ3) is 5.63. The van der Waals surface area contributed by atoms with E-state index in [1.54, 1.807) is 0 Å². The smallest absolute Gasteiger partial charge is 0.157 e. The Balaban J connectivity index is 2.31. The summed E-state index contributed by atoms with van der Waals surface area (Å²) in [7, 11) is 0. The van der Waals surface area contributed by atoms with E-state index >= 15 is 0 Å². The maximum Gasteiger partial charge on any atom is 0.157 e. The molecule has 2 aromatic rings. The van der Waals surface area contributed by atoms with Gasteiger partial charge in [-0.25, -0.2) is 0 Å². The van der Waals surface area contributed by atoms with E-state index in [4.69, 9.17) is 9.47 Å². The van der Waals surface area contributed by atoms with Crippen LogP contribution in [-0.4, -0.2) is 24.6 Å². The third-order valence-electron chi connectivity index (χ3n) is 4.09. The number of hydrogen-bond donors (Lipinski definition) is 1. The van der Waals surface area contributed by atoms with E-state index in [1.807, 2.05) is 62.4 Å². The maximum atomic E-state index is 11.6. The molecular weight excluding hydrogens is 448 g/mol. The quantitative estimate of drug-likeness (QED) is 0.482. The van der Waals surface area contributed by atoms with Crippen molar-refractivity contribution in [1.82, 2.24) is 0 Å². The van der Waals surface area contributed by atoms with Gasteiger partial charge in [0.25, 0.3) is 0 Å². The highest BCUT2D eigenvalue weighted by molar-refractivity contribution is 9.10. The first-order valence-corrected chi connectivity index (χ1v) is 10.1. The minimum Gasteiger partial charge on any atom is -0.380 e. The molecule has 0 aromatic heterocycles. The van der Waals surface area contributed by atoms with Gasteiger partial charge in [0.15, 0.2) is 6.29 Å². The van der Waals surface area contributed by atoms with E-state index in [1.165, 1.54) is 0 Å². The van der Waals surface area contributed by atoms with Crippen molar-refractivity contribution >= 4 is 31.9 Å². The number of ether oxygens (including phenoxy) is 2. The highest BCUT2D eigenvalue weighted by Crippen LogP contribution is 2.36. The molecule has 0 saturated heterocycles. The van der Waals surface area contributed by atoms with Crippen LogP contribution < -0.4 is 0 Å². The van der Waals surface area contributed by atoms with Crippen molar-refractivity contribution in [3.05, 3.63) is 68.6 Å². The highest BCUT2D eigenvalue weighted by Gasteiger charge is 2.32. The zero-order chi connectivity index (χ0) is 18.3. The lowest BCUT2D eigenvalue weighted by atomic mass is 9.82. The SMILES string of the molecule is CCOC(CCC(O)(c1ccc(Br)cc1)c1ccc(Br)cc1)OCC. The standard InChI is InChI=1S/C20H24Br2O3/c1-3-24-19(25-4-2)13-14-20(23,15-5-9-17(21)10-6-15)16-7-11-18(22)12-8-16/h5-12,19,23H,3-4,13-14H2,1-2H3. The monoisotopic (exact) mass is 470 g/mol. The average molecular weight is 472 g/mol. The van der Waals surface area contributed by atoms with Crippen LogP contribution in [0.2, 0.25) is 0 Å². The predicted molar refractivity (Wildman–Crippen MR) is 108 cm³/mol. The van der Waals surface area contributed by atoms with Crippen LogP contribution in [0.4, 0.5) is 0 Å². The van der Waals surface area contributed by atoms with Gasteiger partial charge in [-0.2, -0.15) is 0 Å². The van der Waals surface area contributed by atoms with E-state index in [2.05, 4.69) is 31.9 Å². The molecule has 3 nitrogen and oxygen atoms in total. The summed E-state index contributed by atoms with van der Waals surface area (Å²) in [5.74, 6) is 0. The summed E-state index contributed by atoms with van der Waals surface area (Å²) in [6, 6.07) is 15.6. The van der Waals surface area contributed by atoms with E-state index in [0.29, 0.717) is 26.1 Å². The molecule has 0 heterocycles. The molecule has 0 fully saturated rings. The summed E-state index contributed by atoms with van der Waals surface area (Å²) < 4.78 is 13.2. The molecule has 0 spiro atoms. The molecule has 0 saturated carbocycles. The minimum atomic E-state index is -1.10. The molecule has 0 radical (unpaired) electrons. The molecule has 0 aliphatic rings. The summed E-state index contributed by atoms with van der Waals surface area (Å²) in [6.07, 6.45) is 0.790. The van der Waals surface area contributed by atoms with Gasteiger partial charge in [0.05, 0.1) is 0 Å². The molecule has 0 unspecified atom stereocenters. The van der Waals surface area contributed by atoms with Gasteiger partial charge < -0.3 is 14.6 Å². The molecule has 0 aliphatic heterocycles. The fourth-order valence-electron chi connectivity index (χ4n) is 2.82. The molecule has 136 valence electrons. The Morgan fingerprint density at radius 1 is 0.840 bits per heavy atom. The first-order valence-electron chi connectivity index (χ1n) is 8.47. The van der Waals surface area contributed by atoms with Crippen molar-refractivity contribution in [3.8, 4) is 0 Å². The fraction of sp³-hybridized carbons (Fsp3) is 0.400. The predicted octanol–water partition coefficient (Wildman–Crippen LogP) is 5.63. The molecule has 1 N–H and O–H groups in total. The zero-order valence-electron chi connectivity index (χ0n) is 14.5. The number of halogens is 2. The Bertz CT molecular complexity index is 589. The molecule has 2 rings (SSSR count). The Morgan fingerprint density at radius 3 is 1.60 bits per heavy atom. The van der Waals surface area contributed by atoms with Crippen LogP contribution in [0.3, 0.4) is 0 Å². The number of rotatable bonds is 9. The second-order valence-corrected chi connectivity index (χ2v) is 7.58. The van der Waals surface area contributed by atoms with Crippen molar-refractivity contribution < 1.29 is 14.6 Å². The van der Waals surface area contributed by atoms with Crippen molar-refractivity contribution in [2.45, 2.75) is 38.6 Å². The lowest BCUT2D eigenvalue weighted by molar-refractivity contribution is -0.146. The van der Waals surface area contributed by atoms with Gasteiger partial charge in [-0.1, -0.05) is 56.1 Å². The molecule has 5 heteroatoms. The molecule has 25 heavy (non-hydrogen) atoms. The normalized spacial score (nSPS) is 11.9. The minimum absolute atomic E-state index is 0.313. The van der Waals surface area contributed by atoms with Crippen LogP contribution in [0.1, 0.15) is 37.8 Å². The maximum absolute atomic E-state index is 11.6. The van der Waals surface area contributed by atoms with Gasteiger partial charge in [-0.15, -0.1) is 0 Å². The average Bonchev–Trinajstić information content (AvgIpc) is 2.61. The Kier molecular flexibility index (Phi) is 8.10. The highest BCUT2D eigenvalue weighted by atomic mass is 79.9. The van der Waals surface area contributed by atoms with Gasteiger partial charge in [0, 0.05) is 28.6 Å². The van der Waals surface area contributed by atoms with Crippen LogP contribution in [-0.2, 0) is 15.1 Å². The van der Waals surface area contributed by atoms with Crippen LogP contribution in [0.15, 0.2) is 57.5 Å². The fourth-order valence-corrected chi connectivity index (χ4v) is 3.35. The lowest BCUT2D eigenvalue weighted by Crippen LogP contribution is -2.30. The Morgan fingerprint density at radius 2 is 1.24 bits per heavy atom. The van der Waals surface area contributed by atoms with E-state index in [-0.39, 0.29) is 6.29 Å². The molecule has 0 aliphatic carbocycles. The molecule has 0 atom stereocenters. The lowest BCUT2D eigenvalue weighted by Gasteiger charge is -2.31. The number of benzene rings is 2. The molecule has 0 amide bonds. The largest absolute Gasteiger partial charge is 0.380 e. The first kappa shape index (κ1) is 20.6. The summed E-state index contributed by atoms with van der Waals surface area (Å²) in [4.78, 5) is 0. The van der Waals surface area contributed by atoms with E-state index in [9.17, 15) is 5.11 Å². The molecular formula is C20H24Br2O3. The van der Waals surface area contributed by atoms with Crippen molar-refractivity contribution in [2.75, 3.05) is 13.2 Å². The van der Waals surface area contributed by atoms with Gasteiger partial charge in [-0.05, 0) is 55.7 Å². The molecule has 2 aromatic carbocycles. The second kappa shape index (κ2) is 9.83. The van der Waals surface area contributed by atoms with Crippen LogP contribution in [0, 0.1) is 0 Å². The van der Waals surface area contributed by atoms with E-state index < -0.39 is 5.60 Å². The van der Waals surface area contributed by atoms with E-state index in [0.717, 1.165) is 20.1 Å². The number of aliphatic hydroxyl groups is 1. The van der Waals surface area contributed by atoms with Crippen molar-refractivity contribution in [1.29, 1.82) is 0 Å². The van der Waals surface area contributed by atoms with Crippen molar-refractivity contribution in [2.24, 2.45) is 0 Å². The van der Waals surface area contributed by atoms with Gasteiger partial charge >= 0.3 is 0 Å². The van der Waals surface area contributed by atoms with Gasteiger partial charge in [0.2, 0.25) is 0 Å². The topological polar surface area (TPSA) is 38.7 Å². The van der Waals surface area contributed by atoms with Crippen LogP contribution >= 0.6 is 31.9 Å². The summed E-state index contributed by atoms with van der Waals surface area (Å²) in [5.41, 5.74) is 0.600. The zero-order valence-corrected chi connectivity index (χ0v) is 17.7. The van der Waals surface area contributed by atoms with Crippen LogP contribution in [0.25, 0.3) is 0 Å². The third-order valence-corrected chi connectivity index (χ3v) is 5.15. The van der Waals surface area contributed by atoms with Crippen molar-refractivity contribution in [3.63, 3.8) is 0 Å². The van der Waals surface area contributed by atoms with Crippen LogP contribution in [0.5, 0.6) is 0 Å². The summed E-state index contributed by atoms with van der Waals surface area (Å²) >= 11 is 6.91.